The van der Waals surface area contributed by atoms with Crippen LogP contribution in [0.2, 0.25) is 0 Å². The van der Waals surface area contributed by atoms with Gasteiger partial charge in [0.15, 0.2) is 0 Å². The second-order valence-electron chi connectivity index (χ2n) is 8.09. The summed E-state index contributed by atoms with van der Waals surface area (Å²) in [5.41, 5.74) is 9.35. The van der Waals surface area contributed by atoms with Crippen LogP contribution < -0.4 is 11.1 Å². The summed E-state index contributed by atoms with van der Waals surface area (Å²) >= 11 is 1.69. The molecule has 0 aliphatic carbocycles. The van der Waals surface area contributed by atoms with Crippen LogP contribution in [-0.4, -0.2) is 30.5 Å². The van der Waals surface area contributed by atoms with Crippen molar-refractivity contribution in [3.05, 3.63) is 108 Å². The van der Waals surface area contributed by atoms with Gasteiger partial charge in [-0.15, -0.1) is 11.8 Å². The largest absolute Gasteiger partial charge is 0.359 e. The third-order valence-corrected chi connectivity index (χ3v) is 7.67. The number of nitrogens with one attached hydrogen (secondary N) is 1. The van der Waals surface area contributed by atoms with Gasteiger partial charge in [0, 0.05) is 19.2 Å². The molecule has 33 heavy (non-hydrogen) atoms. The Morgan fingerprint density at radius 3 is 1.64 bits per heavy atom. The quantitative estimate of drug-likeness (QED) is 0.404. The van der Waals surface area contributed by atoms with E-state index in [1.165, 1.54) is 0 Å². The molecule has 0 aromatic heterocycles. The Labute approximate surface area is 201 Å². The molecule has 2 atom stereocenters. The topological polar surface area (TPSA) is 72.2 Å². The molecule has 3 N–H and O–H groups in total. The van der Waals surface area contributed by atoms with Crippen LogP contribution in [0.5, 0.6) is 0 Å². The van der Waals surface area contributed by atoms with E-state index in [1.54, 1.807) is 18.8 Å². The summed E-state index contributed by atoms with van der Waals surface area (Å²) in [5, 5.41) is 2.74. The van der Waals surface area contributed by atoms with Crippen molar-refractivity contribution in [1.29, 1.82) is 0 Å². The highest BCUT2D eigenvalue weighted by atomic mass is 32.2. The van der Waals surface area contributed by atoms with Gasteiger partial charge in [-0.1, -0.05) is 97.9 Å². The number of benzene rings is 3. The summed E-state index contributed by atoms with van der Waals surface area (Å²) < 4.78 is -0.536. The molecular weight excluding hydrogens is 428 g/mol. The molecule has 0 spiro atoms. The summed E-state index contributed by atoms with van der Waals surface area (Å²) in [6, 6.07) is 30.5. The highest BCUT2D eigenvalue weighted by Gasteiger charge is 2.38. The monoisotopic (exact) mass is 460 g/mol. The summed E-state index contributed by atoms with van der Waals surface area (Å²) in [7, 11) is 1.61. The molecule has 0 saturated heterocycles. The molecule has 3 rings (SSSR count). The Morgan fingerprint density at radius 2 is 1.27 bits per heavy atom. The molecule has 3 aromatic rings. The zero-order chi connectivity index (χ0) is 23.7. The van der Waals surface area contributed by atoms with Crippen molar-refractivity contribution < 1.29 is 9.59 Å². The standard InChI is InChI=1S/C28H32N2O2S/c1-3-25(29)26(31)19-21(27(32)30-2)20-33-28(22-13-7-4-8-14-22,23-15-9-5-10-16-23)24-17-11-6-12-18-24/h4-18,21,25H,3,19-20,29H2,1-2H3,(H,30,32)/t21-,25-/m1/s1. The molecular formula is C28H32N2O2S. The highest BCUT2D eigenvalue weighted by molar-refractivity contribution is 8.00. The number of hydrogen-bond acceptors (Lipinski definition) is 4. The van der Waals surface area contributed by atoms with E-state index in [0.717, 1.165) is 16.7 Å². The van der Waals surface area contributed by atoms with Crippen LogP contribution in [0.15, 0.2) is 91.0 Å². The van der Waals surface area contributed by atoms with Crippen molar-refractivity contribution in [1.82, 2.24) is 5.32 Å². The first-order chi connectivity index (χ1) is 16.0. The van der Waals surface area contributed by atoms with Crippen molar-refractivity contribution in [2.45, 2.75) is 30.6 Å². The Kier molecular flexibility index (Phi) is 8.87. The number of hydrogen-bond donors (Lipinski definition) is 2. The van der Waals surface area contributed by atoms with Gasteiger partial charge in [-0.3, -0.25) is 9.59 Å². The Balaban J connectivity index is 2.07. The van der Waals surface area contributed by atoms with Crippen LogP contribution in [0.1, 0.15) is 36.5 Å². The third-order valence-electron chi connectivity index (χ3n) is 5.96. The lowest BCUT2D eigenvalue weighted by atomic mass is 9.84. The molecule has 4 nitrogen and oxygen atoms in total. The highest BCUT2D eigenvalue weighted by Crippen LogP contribution is 2.49. The average molecular weight is 461 g/mol. The Morgan fingerprint density at radius 1 is 0.848 bits per heavy atom. The summed E-state index contributed by atoms with van der Waals surface area (Å²) in [6.07, 6.45) is 0.699. The van der Waals surface area contributed by atoms with E-state index >= 15 is 0 Å². The van der Waals surface area contributed by atoms with Gasteiger partial charge >= 0.3 is 0 Å². The molecule has 0 bridgehead atoms. The van der Waals surface area contributed by atoms with E-state index in [0.29, 0.717) is 12.2 Å². The number of nitrogens with two attached hydrogens (primary N) is 1. The number of rotatable bonds is 11. The van der Waals surface area contributed by atoms with Gasteiger partial charge in [0.25, 0.3) is 0 Å². The van der Waals surface area contributed by atoms with Gasteiger partial charge in [0.05, 0.1) is 16.7 Å². The fourth-order valence-corrected chi connectivity index (χ4v) is 5.68. The molecule has 0 heterocycles. The maximum atomic E-state index is 12.8. The Hall–Kier alpha value is -2.89. The molecule has 172 valence electrons. The normalized spacial score (nSPS) is 13.2. The van der Waals surface area contributed by atoms with Gasteiger partial charge in [-0.05, 0) is 23.1 Å². The van der Waals surface area contributed by atoms with Crippen molar-refractivity contribution in [2.75, 3.05) is 12.8 Å². The molecule has 1 amide bonds. The number of ketones is 1. The average Bonchev–Trinajstić information content (AvgIpc) is 2.89. The first-order valence-corrected chi connectivity index (χ1v) is 12.3. The summed E-state index contributed by atoms with van der Waals surface area (Å²) in [6.45, 7) is 1.89. The third kappa shape index (κ3) is 5.73. The molecule has 5 heteroatoms. The molecule has 0 fully saturated rings. The lowest BCUT2D eigenvalue weighted by Crippen LogP contribution is -2.37. The molecule has 0 radical (unpaired) electrons. The fraction of sp³-hybridized carbons (Fsp3) is 0.286. The maximum absolute atomic E-state index is 12.8. The predicted molar refractivity (Wildman–Crippen MR) is 137 cm³/mol. The zero-order valence-electron chi connectivity index (χ0n) is 19.2. The van der Waals surface area contributed by atoms with Crippen LogP contribution >= 0.6 is 11.8 Å². The minimum absolute atomic E-state index is 0.0727. The summed E-state index contributed by atoms with van der Waals surface area (Å²) in [4.78, 5) is 25.4. The van der Waals surface area contributed by atoms with E-state index in [2.05, 4.69) is 41.7 Å². The smallest absolute Gasteiger partial charge is 0.224 e. The number of carbonyl (C=O) groups excluding carboxylic acids is 2. The predicted octanol–water partition coefficient (Wildman–Crippen LogP) is 4.77. The second-order valence-corrected chi connectivity index (χ2v) is 9.32. The number of carbonyl (C=O) groups is 2. The van der Waals surface area contributed by atoms with E-state index in [-0.39, 0.29) is 18.1 Å². The van der Waals surface area contributed by atoms with Crippen LogP contribution in [0, 0.1) is 5.92 Å². The minimum atomic E-state index is -0.538. The number of thioether (sulfide) groups is 1. The first kappa shape index (κ1) is 24.7. The van der Waals surface area contributed by atoms with Crippen LogP contribution in [0.3, 0.4) is 0 Å². The Bertz CT molecular complexity index is 929. The lowest BCUT2D eigenvalue weighted by molar-refractivity contribution is -0.128. The van der Waals surface area contributed by atoms with Crippen molar-refractivity contribution >= 4 is 23.5 Å². The molecule has 0 saturated carbocycles. The van der Waals surface area contributed by atoms with E-state index in [1.807, 2.05) is 61.5 Å². The van der Waals surface area contributed by atoms with Crippen molar-refractivity contribution in [3.8, 4) is 0 Å². The number of Topliss-reactive ketones (excluding diaryl/α,β-unsaturated/α-hetero) is 1. The van der Waals surface area contributed by atoms with Gasteiger partial charge in [-0.25, -0.2) is 0 Å². The molecule has 0 aliphatic rings. The van der Waals surface area contributed by atoms with Crippen LogP contribution in [-0.2, 0) is 14.3 Å². The number of amides is 1. The molecule has 3 aromatic carbocycles. The van der Waals surface area contributed by atoms with Crippen molar-refractivity contribution in [2.24, 2.45) is 11.7 Å². The zero-order valence-corrected chi connectivity index (χ0v) is 20.1. The maximum Gasteiger partial charge on any atom is 0.224 e. The van der Waals surface area contributed by atoms with E-state index in [9.17, 15) is 9.59 Å². The second kappa shape index (κ2) is 11.8. The fourth-order valence-electron chi connectivity index (χ4n) is 4.05. The minimum Gasteiger partial charge on any atom is -0.359 e. The van der Waals surface area contributed by atoms with Gasteiger partial charge in [-0.2, -0.15) is 0 Å². The van der Waals surface area contributed by atoms with E-state index in [4.69, 9.17) is 5.73 Å². The van der Waals surface area contributed by atoms with Gasteiger partial charge in [0.1, 0.15) is 5.78 Å². The van der Waals surface area contributed by atoms with Crippen LogP contribution in [0.25, 0.3) is 0 Å². The van der Waals surface area contributed by atoms with Gasteiger partial charge < -0.3 is 11.1 Å². The van der Waals surface area contributed by atoms with E-state index < -0.39 is 16.7 Å². The lowest BCUT2D eigenvalue weighted by Gasteiger charge is -2.36. The van der Waals surface area contributed by atoms with Gasteiger partial charge in [0.2, 0.25) is 5.91 Å². The SMILES string of the molecule is CC[C@@H](N)C(=O)C[C@H](CSC(c1ccccc1)(c1ccccc1)c1ccccc1)C(=O)NC. The summed E-state index contributed by atoms with van der Waals surface area (Å²) in [5.74, 6) is -0.208. The van der Waals surface area contributed by atoms with Crippen molar-refractivity contribution in [3.63, 3.8) is 0 Å². The van der Waals surface area contributed by atoms with Crippen LogP contribution in [0.4, 0.5) is 0 Å². The first-order valence-electron chi connectivity index (χ1n) is 11.3. The molecule has 0 aliphatic heterocycles. The molecule has 0 unspecified atom stereocenters.